The van der Waals surface area contributed by atoms with Crippen LogP contribution in [0.15, 0.2) is 28.7 Å². The van der Waals surface area contributed by atoms with Gasteiger partial charge in [0.15, 0.2) is 0 Å². The number of benzene rings is 1. The van der Waals surface area contributed by atoms with Gasteiger partial charge in [-0.1, -0.05) is 26.8 Å². The monoisotopic (exact) mass is 289 g/mol. The number of carbonyl (C=O) groups is 1. The van der Waals surface area contributed by atoms with Crippen LogP contribution in [0.25, 0.3) is 11.5 Å². The minimum atomic E-state index is -0.526. The van der Waals surface area contributed by atoms with Crippen LogP contribution in [0.2, 0.25) is 0 Å². The Hall–Kier alpha value is -2.30. The van der Waals surface area contributed by atoms with Gasteiger partial charge in [0.2, 0.25) is 11.7 Å². The fourth-order valence-corrected chi connectivity index (χ4v) is 1.94. The van der Waals surface area contributed by atoms with Crippen molar-refractivity contribution in [3.05, 3.63) is 35.7 Å². The maximum absolute atomic E-state index is 11.9. The van der Waals surface area contributed by atoms with Crippen LogP contribution in [0, 0.1) is 0 Å². The van der Waals surface area contributed by atoms with Gasteiger partial charge in [-0.05, 0) is 18.2 Å². The van der Waals surface area contributed by atoms with Crippen molar-refractivity contribution in [3.63, 3.8) is 0 Å². The maximum Gasteiger partial charge on any atom is 0.376 e. The highest BCUT2D eigenvalue weighted by Crippen LogP contribution is 2.31. The molecule has 0 fully saturated rings. The van der Waals surface area contributed by atoms with Crippen LogP contribution >= 0.6 is 0 Å². The first-order valence-electron chi connectivity index (χ1n) is 6.61. The van der Waals surface area contributed by atoms with Gasteiger partial charge in [-0.15, -0.1) is 0 Å². The van der Waals surface area contributed by atoms with E-state index in [1.165, 1.54) is 7.11 Å². The molecule has 0 aliphatic rings. The topological polar surface area (TPSA) is 61.6 Å². The normalized spacial score (nSPS) is 11.3. The summed E-state index contributed by atoms with van der Waals surface area (Å²) in [5.74, 6) is 0.686. The summed E-state index contributed by atoms with van der Waals surface area (Å²) in [5.41, 5.74) is 0.992. The van der Waals surface area contributed by atoms with Crippen molar-refractivity contribution in [3.8, 4) is 17.2 Å². The lowest BCUT2D eigenvalue weighted by molar-refractivity contribution is 0.0562. The van der Waals surface area contributed by atoms with Gasteiger partial charge in [0.25, 0.3) is 0 Å². The standard InChI is InChI=1S/C16H19NO4/c1-16(2,3)13-12(15(18)20-5)21-14(17-13)10-7-6-8-11(9-10)19-4/h6-9H,1-5H3. The second-order valence-corrected chi connectivity index (χ2v) is 5.67. The fourth-order valence-electron chi connectivity index (χ4n) is 1.94. The molecule has 1 aromatic heterocycles. The molecule has 5 heteroatoms. The van der Waals surface area contributed by atoms with E-state index in [4.69, 9.17) is 13.9 Å². The lowest BCUT2D eigenvalue weighted by Crippen LogP contribution is -2.17. The Morgan fingerprint density at radius 2 is 1.95 bits per heavy atom. The summed E-state index contributed by atoms with van der Waals surface area (Å²) in [6.07, 6.45) is 0. The molecule has 0 radical (unpaired) electrons. The molecule has 0 unspecified atom stereocenters. The molecule has 0 saturated heterocycles. The number of nitrogens with zero attached hydrogens (tertiary/aromatic N) is 1. The van der Waals surface area contributed by atoms with Crippen LogP contribution in [-0.4, -0.2) is 25.2 Å². The van der Waals surface area contributed by atoms with Crippen molar-refractivity contribution >= 4 is 5.97 Å². The van der Waals surface area contributed by atoms with Gasteiger partial charge in [-0.2, -0.15) is 0 Å². The third kappa shape index (κ3) is 3.07. The minimum absolute atomic E-state index is 0.141. The Bertz CT molecular complexity index is 653. The Morgan fingerprint density at radius 3 is 2.52 bits per heavy atom. The first-order chi connectivity index (χ1) is 9.86. The molecule has 21 heavy (non-hydrogen) atoms. The van der Waals surface area contributed by atoms with E-state index in [0.29, 0.717) is 17.3 Å². The first kappa shape index (κ1) is 15.1. The molecule has 0 bridgehead atoms. The highest BCUT2D eigenvalue weighted by atomic mass is 16.5. The van der Waals surface area contributed by atoms with Crippen LogP contribution in [0.1, 0.15) is 37.0 Å². The summed E-state index contributed by atoms with van der Waals surface area (Å²) in [7, 11) is 2.91. The van der Waals surface area contributed by atoms with Crippen molar-refractivity contribution in [2.45, 2.75) is 26.2 Å². The van der Waals surface area contributed by atoms with Gasteiger partial charge in [-0.25, -0.2) is 9.78 Å². The molecule has 0 aliphatic carbocycles. The Balaban J connectivity index is 2.55. The Kier molecular flexibility index (Phi) is 4.02. The lowest BCUT2D eigenvalue weighted by atomic mass is 9.91. The van der Waals surface area contributed by atoms with Gasteiger partial charge in [0, 0.05) is 11.0 Å². The van der Waals surface area contributed by atoms with Crippen molar-refractivity contribution in [1.82, 2.24) is 4.98 Å². The average Bonchev–Trinajstić information content (AvgIpc) is 2.92. The van der Waals surface area contributed by atoms with E-state index in [1.54, 1.807) is 13.2 Å². The predicted molar refractivity (Wildman–Crippen MR) is 78.5 cm³/mol. The summed E-state index contributed by atoms with van der Waals surface area (Å²) in [6.45, 7) is 5.89. The van der Waals surface area contributed by atoms with Crippen LogP contribution in [0.4, 0.5) is 0 Å². The summed E-state index contributed by atoms with van der Waals surface area (Å²) in [5, 5.41) is 0. The zero-order chi connectivity index (χ0) is 15.6. The van der Waals surface area contributed by atoms with Crippen molar-refractivity contribution < 1.29 is 18.7 Å². The molecular formula is C16H19NO4. The molecule has 0 saturated carbocycles. The van der Waals surface area contributed by atoms with Crippen LogP contribution in [-0.2, 0) is 10.2 Å². The predicted octanol–water partition coefficient (Wildman–Crippen LogP) is 3.43. The smallest absolute Gasteiger partial charge is 0.376 e. The van der Waals surface area contributed by atoms with Gasteiger partial charge in [0.1, 0.15) is 11.4 Å². The second kappa shape index (κ2) is 5.60. The van der Waals surface area contributed by atoms with Crippen molar-refractivity contribution in [2.24, 2.45) is 0 Å². The highest BCUT2D eigenvalue weighted by molar-refractivity contribution is 5.88. The Labute approximate surface area is 123 Å². The number of carbonyl (C=O) groups excluding carboxylic acids is 1. The molecule has 0 aliphatic heterocycles. The molecule has 0 N–H and O–H groups in total. The highest BCUT2D eigenvalue weighted by Gasteiger charge is 2.29. The maximum atomic E-state index is 11.9. The summed E-state index contributed by atoms with van der Waals surface area (Å²) in [6, 6.07) is 7.33. The van der Waals surface area contributed by atoms with E-state index in [-0.39, 0.29) is 11.2 Å². The lowest BCUT2D eigenvalue weighted by Gasteiger charge is -2.15. The van der Waals surface area contributed by atoms with Gasteiger partial charge in [0.05, 0.1) is 14.2 Å². The van der Waals surface area contributed by atoms with E-state index >= 15 is 0 Å². The molecule has 2 aromatic rings. The molecule has 2 rings (SSSR count). The average molecular weight is 289 g/mol. The number of hydrogen-bond acceptors (Lipinski definition) is 5. The molecule has 1 heterocycles. The third-order valence-electron chi connectivity index (χ3n) is 3.03. The summed E-state index contributed by atoms with van der Waals surface area (Å²) < 4.78 is 15.6. The second-order valence-electron chi connectivity index (χ2n) is 5.67. The van der Waals surface area contributed by atoms with Crippen LogP contribution in [0.3, 0.4) is 0 Å². The van der Waals surface area contributed by atoms with Gasteiger partial charge in [-0.3, -0.25) is 0 Å². The van der Waals surface area contributed by atoms with E-state index in [1.807, 2.05) is 39.0 Å². The fraction of sp³-hybridized carbons (Fsp3) is 0.375. The number of rotatable bonds is 3. The molecule has 0 spiro atoms. The molecule has 0 atom stereocenters. The number of esters is 1. The molecule has 0 amide bonds. The molecular weight excluding hydrogens is 270 g/mol. The first-order valence-corrected chi connectivity index (χ1v) is 6.61. The SMILES string of the molecule is COC(=O)c1oc(-c2cccc(OC)c2)nc1C(C)(C)C. The number of oxazole rings is 1. The van der Waals surface area contributed by atoms with E-state index < -0.39 is 5.97 Å². The van der Waals surface area contributed by atoms with Gasteiger partial charge >= 0.3 is 5.97 Å². The zero-order valence-corrected chi connectivity index (χ0v) is 12.9. The van der Waals surface area contributed by atoms with E-state index in [9.17, 15) is 4.79 Å². The van der Waals surface area contributed by atoms with E-state index in [0.717, 1.165) is 5.56 Å². The molecule has 5 nitrogen and oxygen atoms in total. The largest absolute Gasteiger partial charge is 0.497 e. The quantitative estimate of drug-likeness (QED) is 0.810. The van der Waals surface area contributed by atoms with Crippen molar-refractivity contribution in [2.75, 3.05) is 14.2 Å². The minimum Gasteiger partial charge on any atom is -0.497 e. The summed E-state index contributed by atoms with van der Waals surface area (Å²) >= 11 is 0. The number of methoxy groups -OCH3 is 2. The number of aromatic nitrogens is 1. The zero-order valence-electron chi connectivity index (χ0n) is 12.9. The van der Waals surface area contributed by atoms with Crippen LogP contribution in [0.5, 0.6) is 5.75 Å². The van der Waals surface area contributed by atoms with E-state index in [2.05, 4.69) is 4.98 Å². The Morgan fingerprint density at radius 1 is 1.24 bits per heavy atom. The van der Waals surface area contributed by atoms with Crippen LogP contribution < -0.4 is 4.74 Å². The molecule has 112 valence electrons. The number of ether oxygens (including phenoxy) is 2. The molecule has 1 aromatic carbocycles. The summed E-state index contributed by atoms with van der Waals surface area (Å²) in [4.78, 5) is 16.3. The van der Waals surface area contributed by atoms with Gasteiger partial charge < -0.3 is 13.9 Å². The van der Waals surface area contributed by atoms with Crippen molar-refractivity contribution in [1.29, 1.82) is 0 Å². The third-order valence-corrected chi connectivity index (χ3v) is 3.03. The number of hydrogen-bond donors (Lipinski definition) is 0.